The molecule has 57 heavy (non-hydrogen) atoms. The monoisotopic (exact) mass is 866 g/mol. The van der Waals surface area contributed by atoms with Gasteiger partial charge >= 0.3 is 5.97 Å². The number of halogens is 3. The summed E-state index contributed by atoms with van der Waals surface area (Å²) in [6.07, 6.45) is 2.05. The Bertz CT molecular complexity index is 2160. The second-order valence-electron chi connectivity index (χ2n) is 12.3. The van der Waals surface area contributed by atoms with E-state index in [0.29, 0.717) is 58.6 Å². The summed E-state index contributed by atoms with van der Waals surface area (Å²) in [5.41, 5.74) is 15.8. The molecule has 3 aromatic carbocycles. The minimum Gasteiger partial charge on any atom is -0.492 e. The Morgan fingerprint density at radius 2 is 1.61 bits per heavy atom. The summed E-state index contributed by atoms with van der Waals surface area (Å²) in [6.45, 7) is 0.993. The largest absolute Gasteiger partial charge is 0.492 e. The molecule has 5 aromatic rings. The fourth-order valence-corrected chi connectivity index (χ4v) is 7.64. The summed E-state index contributed by atoms with van der Waals surface area (Å²) < 4.78 is 5.95. The number of nitrogen functional groups attached to an aromatic ring is 1. The van der Waals surface area contributed by atoms with E-state index < -0.39 is 24.0 Å². The number of nitrogens with zero attached hydrogens (tertiary/aromatic N) is 4. The van der Waals surface area contributed by atoms with Gasteiger partial charge in [0.05, 0.1) is 17.3 Å². The van der Waals surface area contributed by atoms with Gasteiger partial charge in [-0.1, -0.05) is 84.4 Å². The molecule has 17 heteroatoms. The number of thioether (sulfide) groups is 1. The fourth-order valence-electron chi connectivity index (χ4n) is 5.69. The number of hydrogen-bond acceptors (Lipinski definition) is 12. The van der Waals surface area contributed by atoms with Gasteiger partial charge in [-0.25, -0.2) is 14.8 Å². The number of aliphatic carboxylic acids is 1. The molecular weight excluding hydrogens is 827 g/mol. The van der Waals surface area contributed by atoms with E-state index in [2.05, 4.69) is 27.8 Å². The molecule has 1 amide bonds. The first-order chi connectivity index (χ1) is 26.7. The fraction of sp³-hybridized carbons (Fsp3) is 0.250. The standard InChI is InChI=1S/C40H39ClN8O4S2.2ClH/c41-28-13-9-27(10-14-28)38-47-29(23-54-38)24-55-39-32(22-44)35(31(21-43)36(45)49-39)26-11-15-30(16-12-26)53-19-18-46-33(8-4-5-17-42)37(50)48-34(40(51)52)20-25-6-2-1-3-7-25;;/h1-3,6-7,9-16,23,33-34,46H,4-5,8,17-20,24,42H2,(H2,45,49)(H,48,50)(H,51,52);2*1H/t33-,34+;;/m0../s1. The Morgan fingerprint density at radius 3 is 2.26 bits per heavy atom. The van der Waals surface area contributed by atoms with Crippen LogP contribution in [0.15, 0.2) is 89.3 Å². The molecule has 0 radical (unpaired) electrons. The van der Waals surface area contributed by atoms with E-state index in [-0.39, 0.29) is 54.8 Å². The Balaban J connectivity index is 0.00000435. The number of amides is 1. The lowest BCUT2D eigenvalue weighted by Gasteiger charge is -2.22. The molecule has 298 valence electrons. The Labute approximate surface area is 356 Å². The molecule has 2 heterocycles. The predicted molar refractivity (Wildman–Crippen MR) is 230 cm³/mol. The van der Waals surface area contributed by atoms with Crippen molar-refractivity contribution in [1.29, 1.82) is 10.5 Å². The van der Waals surface area contributed by atoms with E-state index in [1.807, 2.05) is 60.0 Å². The number of benzene rings is 3. The molecule has 0 aliphatic heterocycles. The van der Waals surface area contributed by atoms with Crippen molar-refractivity contribution in [3.8, 4) is 39.6 Å². The third-order valence-electron chi connectivity index (χ3n) is 8.48. The molecular formula is C40H41Cl3N8O4S2. The summed E-state index contributed by atoms with van der Waals surface area (Å²) in [5.74, 6) is -0.546. The van der Waals surface area contributed by atoms with Crippen molar-refractivity contribution in [2.75, 3.05) is 25.4 Å². The number of nitriles is 2. The van der Waals surface area contributed by atoms with Crippen molar-refractivity contribution in [1.82, 2.24) is 20.6 Å². The lowest BCUT2D eigenvalue weighted by atomic mass is 9.97. The second-order valence-corrected chi connectivity index (χ2v) is 14.6. The minimum atomic E-state index is -1.11. The van der Waals surface area contributed by atoms with Crippen LogP contribution in [0.25, 0.3) is 21.7 Å². The van der Waals surface area contributed by atoms with Crippen molar-refractivity contribution in [3.05, 3.63) is 112 Å². The quantitative estimate of drug-likeness (QED) is 0.0410. The van der Waals surface area contributed by atoms with Gasteiger partial charge in [0.1, 0.15) is 52.0 Å². The van der Waals surface area contributed by atoms with E-state index in [4.69, 9.17) is 32.8 Å². The van der Waals surface area contributed by atoms with Crippen LogP contribution in [0.3, 0.4) is 0 Å². The van der Waals surface area contributed by atoms with Gasteiger partial charge in [-0.3, -0.25) is 4.79 Å². The first-order valence-corrected chi connectivity index (χ1v) is 19.7. The van der Waals surface area contributed by atoms with Crippen molar-refractivity contribution in [2.24, 2.45) is 5.73 Å². The summed E-state index contributed by atoms with van der Waals surface area (Å²) in [7, 11) is 0. The van der Waals surface area contributed by atoms with Crippen LogP contribution in [0.5, 0.6) is 5.75 Å². The number of ether oxygens (including phenoxy) is 1. The molecule has 12 nitrogen and oxygen atoms in total. The molecule has 0 unspecified atom stereocenters. The number of carbonyl (C=O) groups is 2. The number of aromatic nitrogens is 2. The Hall–Kier alpha value is -4.90. The van der Waals surface area contributed by atoms with Crippen molar-refractivity contribution < 1.29 is 19.4 Å². The van der Waals surface area contributed by atoms with Crippen molar-refractivity contribution in [2.45, 2.75) is 48.5 Å². The molecule has 0 saturated heterocycles. The van der Waals surface area contributed by atoms with Crippen LogP contribution in [-0.4, -0.2) is 58.7 Å². The maximum Gasteiger partial charge on any atom is 0.326 e. The van der Waals surface area contributed by atoms with E-state index in [1.54, 1.807) is 24.3 Å². The van der Waals surface area contributed by atoms with E-state index >= 15 is 0 Å². The van der Waals surface area contributed by atoms with Gasteiger partial charge in [0.2, 0.25) is 5.91 Å². The van der Waals surface area contributed by atoms with E-state index in [1.165, 1.54) is 23.1 Å². The summed E-state index contributed by atoms with van der Waals surface area (Å²) in [4.78, 5) is 34.3. The summed E-state index contributed by atoms with van der Waals surface area (Å²) >= 11 is 8.84. The first kappa shape index (κ1) is 46.5. The number of pyridine rings is 1. The molecule has 2 aromatic heterocycles. The number of rotatable bonds is 19. The highest BCUT2D eigenvalue weighted by Crippen LogP contribution is 2.37. The maximum atomic E-state index is 13.2. The predicted octanol–water partition coefficient (Wildman–Crippen LogP) is 7.27. The van der Waals surface area contributed by atoms with Gasteiger partial charge in [-0.15, -0.1) is 36.2 Å². The highest BCUT2D eigenvalue weighted by molar-refractivity contribution is 7.98. The average Bonchev–Trinajstić information content (AvgIpc) is 3.67. The Morgan fingerprint density at radius 1 is 0.930 bits per heavy atom. The average molecular weight is 868 g/mol. The number of thiazole rings is 1. The van der Waals surface area contributed by atoms with Crippen LogP contribution in [0.2, 0.25) is 5.02 Å². The molecule has 0 bridgehead atoms. The molecule has 0 saturated carbocycles. The van der Waals surface area contributed by atoms with Gasteiger partial charge in [0.25, 0.3) is 0 Å². The zero-order valence-corrected chi connectivity index (χ0v) is 34.5. The number of hydrogen-bond donors (Lipinski definition) is 5. The van der Waals surface area contributed by atoms with Crippen LogP contribution in [0.1, 0.15) is 41.6 Å². The third kappa shape index (κ3) is 13.1. The summed E-state index contributed by atoms with van der Waals surface area (Å²) in [5, 5.41) is 39.8. The van der Waals surface area contributed by atoms with Crippen LogP contribution in [0, 0.1) is 22.7 Å². The van der Waals surface area contributed by atoms with Crippen LogP contribution in [0.4, 0.5) is 5.82 Å². The maximum absolute atomic E-state index is 13.2. The molecule has 0 spiro atoms. The number of nitrogens with one attached hydrogen (secondary N) is 2. The highest BCUT2D eigenvalue weighted by Gasteiger charge is 2.25. The molecule has 0 aliphatic rings. The van der Waals surface area contributed by atoms with Gasteiger partial charge in [0.15, 0.2) is 0 Å². The number of carbonyl (C=O) groups excluding carboxylic acids is 1. The summed E-state index contributed by atoms with van der Waals surface area (Å²) in [6, 6.07) is 26.1. The lowest BCUT2D eigenvalue weighted by molar-refractivity contribution is -0.142. The molecule has 0 fully saturated rings. The van der Waals surface area contributed by atoms with Crippen LogP contribution < -0.4 is 26.8 Å². The normalized spacial score (nSPS) is 11.5. The van der Waals surface area contributed by atoms with Crippen LogP contribution in [-0.2, 0) is 21.8 Å². The number of unbranched alkanes of at least 4 members (excludes halogenated alkanes) is 1. The van der Waals surface area contributed by atoms with Gasteiger partial charge in [0, 0.05) is 40.2 Å². The van der Waals surface area contributed by atoms with Crippen molar-refractivity contribution >= 4 is 77.2 Å². The van der Waals surface area contributed by atoms with E-state index in [9.17, 15) is 25.2 Å². The zero-order chi connectivity index (χ0) is 39.2. The van der Waals surface area contributed by atoms with Crippen LogP contribution >= 0.6 is 59.5 Å². The van der Waals surface area contributed by atoms with Gasteiger partial charge in [-0.2, -0.15) is 10.5 Å². The molecule has 2 atom stereocenters. The topological polar surface area (TPSA) is 213 Å². The highest BCUT2D eigenvalue weighted by atomic mass is 35.5. The van der Waals surface area contributed by atoms with Crippen molar-refractivity contribution in [3.63, 3.8) is 0 Å². The molecule has 0 aliphatic carbocycles. The number of anilines is 1. The Kier molecular flexibility index (Phi) is 19.0. The van der Waals surface area contributed by atoms with Gasteiger partial charge in [-0.05, 0) is 54.8 Å². The minimum absolute atomic E-state index is 0. The van der Waals surface area contributed by atoms with E-state index in [0.717, 1.165) is 28.2 Å². The number of carboxylic acids is 1. The molecule has 5 rings (SSSR count). The third-order valence-corrected chi connectivity index (χ3v) is 10.7. The lowest BCUT2D eigenvalue weighted by Crippen LogP contribution is -2.51. The second kappa shape index (κ2) is 23.4. The van der Waals surface area contributed by atoms with Gasteiger partial charge < -0.3 is 31.9 Å². The number of carboxylic acid groups (broad SMARTS) is 1. The zero-order valence-electron chi connectivity index (χ0n) is 30.5. The molecule has 7 N–H and O–H groups in total. The SMILES string of the molecule is Cl.Cl.N#Cc1c(N)nc(SCc2csc(-c3ccc(Cl)cc3)n2)c(C#N)c1-c1ccc(OCCN[C@@H](CCCCN)C(=O)N[C@H](Cc2ccccc2)C(=O)O)cc1. The number of nitrogens with two attached hydrogens (primary N) is 2. The smallest absolute Gasteiger partial charge is 0.326 e. The first-order valence-electron chi connectivity index (χ1n) is 17.4.